The monoisotopic (exact) mass is 219 g/mol. The van der Waals surface area contributed by atoms with E-state index in [1.54, 1.807) is 6.07 Å². The summed E-state index contributed by atoms with van der Waals surface area (Å²) in [6, 6.07) is 5.52. The van der Waals surface area contributed by atoms with Gasteiger partial charge in [-0.2, -0.15) is 0 Å². The van der Waals surface area contributed by atoms with Gasteiger partial charge in [-0.05, 0) is 31.4 Å². The highest BCUT2D eigenvalue weighted by Crippen LogP contribution is 2.31. The largest absolute Gasteiger partial charge is 0.490 e. The number of nitrogens with two attached hydrogens (primary N) is 1. The van der Waals surface area contributed by atoms with Crippen LogP contribution in [0, 0.1) is 0 Å². The minimum atomic E-state index is -0.366. The summed E-state index contributed by atoms with van der Waals surface area (Å²) in [5.41, 5.74) is 6.92. The number of hydrogen-bond donors (Lipinski definition) is 1. The Kier molecular flexibility index (Phi) is 3.13. The van der Waals surface area contributed by atoms with Gasteiger partial charge in [0.05, 0.1) is 6.10 Å². The zero-order valence-corrected chi connectivity index (χ0v) is 9.53. The number of benzene rings is 1. The summed E-state index contributed by atoms with van der Waals surface area (Å²) in [4.78, 5) is 11.2. The molecule has 1 aliphatic rings. The Morgan fingerprint density at radius 2 is 2.38 bits per heavy atom. The highest BCUT2D eigenvalue weighted by molar-refractivity contribution is 5.95. The smallest absolute Gasteiger partial charge is 0.249 e. The standard InChI is InChI=1S/C13H17NO2/c1-2-4-9-7-8-10-11(13(14)15)5-3-6-12(10)16-9/h3,5-6,9H,2,4,7-8H2,1H3,(H2,14,15). The summed E-state index contributed by atoms with van der Waals surface area (Å²) in [6.07, 6.45) is 4.35. The Hall–Kier alpha value is -1.51. The van der Waals surface area contributed by atoms with Crippen LogP contribution >= 0.6 is 0 Å². The van der Waals surface area contributed by atoms with Crippen LogP contribution in [0.1, 0.15) is 42.1 Å². The van der Waals surface area contributed by atoms with Crippen molar-refractivity contribution >= 4 is 5.91 Å². The minimum absolute atomic E-state index is 0.292. The number of carbonyl (C=O) groups is 1. The topological polar surface area (TPSA) is 52.3 Å². The van der Waals surface area contributed by atoms with Crippen molar-refractivity contribution in [2.75, 3.05) is 0 Å². The number of rotatable bonds is 3. The number of carbonyl (C=O) groups excluding carboxylic acids is 1. The fourth-order valence-electron chi connectivity index (χ4n) is 2.23. The molecule has 0 radical (unpaired) electrons. The molecule has 1 aromatic rings. The van der Waals surface area contributed by atoms with Crippen molar-refractivity contribution in [1.29, 1.82) is 0 Å². The number of hydrogen-bond acceptors (Lipinski definition) is 2. The van der Waals surface area contributed by atoms with E-state index in [9.17, 15) is 4.79 Å². The lowest BCUT2D eigenvalue weighted by Gasteiger charge is -2.26. The van der Waals surface area contributed by atoms with Gasteiger partial charge in [-0.3, -0.25) is 4.79 Å². The lowest BCUT2D eigenvalue weighted by Crippen LogP contribution is -2.25. The van der Waals surface area contributed by atoms with Gasteiger partial charge >= 0.3 is 0 Å². The molecule has 0 aliphatic carbocycles. The highest BCUT2D eigenvalue weighted by atomic mass is 16.5. The predicted molar refractivity (Wildman–Crippen MR) is 62.6 cm³/mol. The molecule has 1 atom stereocenters. The van der Waals surface area contributed by atoms with Crippen LogP contribution in [0.4, 0.5) is 0 Å². The van der Waals surface area contributed by atoms with Gasteiger partial charge in [0.15, 0.2) is 0 Å². The Labute approximate surface area is 95.6 Å². The molecule has 3 nitrogen and oxygen atoms in total. The maximum atomic E-state index is 11.2. The zero-order valence-electron chi connectivity index (χ0n) is 9.53. The van der Waals surface area contributed by atoms with Crippen LogP contribution in [-0.4, -0.2) is 12.0 Å². The van der Waals surface area contributed by atoms with Crippen LogP contribution in [-0.2, 0) is 6.42 Å². The third-order valence-corrected chi connectivity index (χ3v) is 3.02. The highest BCUT2D eigenvalue weighted by Gasteiger charge is 2.22. The maximum Gasteiger partial charge on any atom is 0.249 e. The van der Waals surface area contributed by atoms with Crippen LogP contribution in [0.3, 0.4) is 0 Å². The van der Waals surface area contributed by atoms with Crippen LogP contribution in [0.2, 0.25) is 0 Å². The molecular weight excluding hydrogens is 202 g/mol. The molecule has 1 amide bonds. The molecule has 3 heteroatoms. The van der Waals surface area contributed by atoms with Gasteiger partial charge in [-0.25, -0.2) is 0 Å². The van der Waals surface area contributed by atoms with Crippen molar-refractivity contribution < 1.29 is 9.53 Å². The van der Waals surface area contributed by atoms with Crippen molar-refractivity contribution in [3.05, 3.63) is 29.3 Å². The average Bonchev–Trinajstić information content (AvgIpc) is 2.28. The first-order valence-corrected chi connectivity index (χ1v) is 5.80. The second-order valence-corrected chi connectivity index (χ2v) is 4.21. The molecule has 2 rings (SSSR count). The Balaban J connectivity index is 2.27. The summed E-state index contributed by atoms with van der Waals surface area (Å²) in [6.45, 7) is 2.15. The first kappa shape index (κ1) is 11.0. The molecule has 16 heavy (non-hydrogen) atoms. The van der Waals surface area contributed by atoms with Gasteiger partial charge in [-0.15, -0.1) is 0 Å². The Morgan fingerprint density at radius 3 is 3.06 bits per heavy atom. The minimum Gasteiger partial charge on any atom is -0.490 e. The van der Waals surface area contributed by atoms with E-state index in [-0.39, 0.29) is 5.91 Å². The summed E-state index contributed by atoms with van der Waals surface area (Å²) >= 11 is 0. The third kappa shape index (κ3) is 2.03. The van der Waals surface area contributed by atoms with Crippen LogP contribution in [0.25, 0.3) is 0 Å². The first-order valence-electron chi connectivity index (χ1n) is 5.80. The summed E-state index contributed by atoms with van der Waals surface area (Å²) in [7, 11) is 0. The normalized spacial score (nSPS) is 18.7. The van der Waals surface area contributed by atoms with Crippen LogP contribution < -0.4 is 10.5 Å². The molecule has 0 fully saturated rings. The van der Waals surface area contributed by atoms with E-state index in [1.807, 2.05) is 12.1 Å². The predicted octanol–water partition coefficient (Wildman–Crippen LogP) is 2.28. The lowest BCUT2D eigenvalue weighted by atomic mass is 9.95. The van der Waals surface area contributed by atoms with Gasteiger partial charge < -0.3 is 10.5 Å². The van der Waals surface area contributed by atoms with Gasteiger partial charge in [0.2, 0.25) is 5.91 Å². The van der Waals surface area contributed by atoms with E-state index >= 15 is 0 Å². The quantitative estimate of drug-likeness (QED) is 0.847. The molecule has 0 spiro atoms. The second-order valence-electron chi connectivity index (χ2n) is 4.21. The van der Waals surface area contributed by atoms with Gasteiger partial charge in [0, 0.05) is 11.1 Å². The van der Waals surface area contributed by atoms with E-state index in [2.05, 4.69) is 6.92 Å². The van der Waals surface area contributed by atoms with E-state index in [4.69, 9.17) is 10.5 Å². The molecular formula is C13H17NO2. The lowest BCUT2D eigenvalue weighted by molar-refractivity contribution is 0.0995. The average molecular weight is 219 g/mol. The fourth-order valence-corrected chi connectivity index (χ4v) is 2.23. The molecule has 2 N–H and O–H groups in total. The van der Waals surface area contributed by atoms with Gasteiger partial charge in [0.1, 0.15) is 5.75 Å². The van der Waals surface area contributed by atoms with Crippen molar-refractivity contribution in [3.8, 4) is 5.75 Å². The molecule has 1 heterocycles. The fraction of sp³-hybridized carbons (Fsp3) is 0.462. The first-order chi connectivity index (χ1) is 7.72. The van der Waals surface area contributed by atoms with Gasteiger partial charge in [0.25, 0.3) is 0 Å². The third-order valence-electron chi connectivity index (χ3n) is 3.02. The number of ether oxygens (including phenoxy) is 1. The Morgan fingerprint density at radius 1 is 1.56 bits per heavy atom. The van der Waals surface area contributed by atoms with Gasteiger partial charge in [-0.1, -0.05) is 19.4 Å². The summed E-state index contributed by atoms with van der Waals surface area (Å²) < 4.78 is 5.86. The number of fused-ring (bicyclic) bond motifs is 1. The SMILES string of the molecule is CCCC1CCc2c(cccc2C(N)=O)O1. The van der Waals surface area contributed by atoms with E-state index < -0.39 is 0 Å². The van der Waals surface area contributed by atoms with E-state index in [0.717, 1.165) is 37.0 Å². The summed E-state index contributed by atoms with van der Waals surface area (Å²) in [5, 5.41) is 0. The molecule has 1 unspecified atom stereocenters. The second kappa shape index (κ2) is 4.56. The zero-order chi connectivity index (χ0) is 11.5. The van der Waals surface area contributed by atoms with Crippen molar-refractivity contribution in [2.45, 2.75) is 38.7 Å². The molecule has 0 aromatic heterocycles. The van der Waals surface area contributed by atoms with Crippen LogP contribution in [0.5, 0.6) is 5.75 Å². The molecule has 0 saturated heterocycles. The summed E-state index contributed by atoms with van der Waals surface area (Å²) in [5.74, 6) is 0.468. The molecule has 1 aromatic carbocycles. The van der Waals surface area contributed by atoms with Crippen molar-refractivity contribution in [1.82, 2.24) is 0 Å². The number of amides is 1. The molecule has 0 bridgehead atoms. The number of primary amides is 1. The molecule has 0 saturated carbocycles. The Bertz CT molecular complexity index is 401. The maximum absolute atomic E-state index is 11.2. The van der Waals surface area contributed by atoms with E-state index in [0.29, 0.717) is 11.7 Å². The van der Waals surface area contributed by atoms with Crippen molar-refractivity contribution in [3.63, 3.8) is 0 Å². The van der Waals surface area contributed by atoms with Crippen molar-refractivity contribution in [2.24, 2.45) is 5.73 Å². The van der Waals surface area contributed by atoms with E-state index in [1.165, 1.54) is 0 Å². The molecule has 1 aliphatic heterocycles. The molecule has 86 valence electrons. The van der Waals surface area contributed by atoms with Crippen LogP contribution in [0.15, 0.2) is 18.2 Å².